The Labute approximate surface area is 125 Å². The van der Waals surface area contributed by atoms with Gasteiger partial charge in [0.25, 0.3) is 5.91 Å². The molecule has 1 amide bonds. The van der Waals surface area contributed by atoms with Crippen LogP contribution in [-0.4, -0.2) is 29.6 Å². The lowest BCUT2D eigenvalue weighted by Crippen LogP contribution is -2.32. The van der Waals surface area contributed by atoms with Gasteiger partial charge in [0, 0.05) is 34.3 Å². The largest absolute Gasteiger partial charge is 0.338 e. The molecular weight excluding hydrogens is 294 g/mol. The Kier molecular flexibility index (Phi) is 4.25. The third-order valence-electron chi connectivity index (χ3n) is 3.26. The summed E-state index contributed by atoms with van der Waals surface area (Å²) < 4.78 is 0. The molecule has 2 aromatic heterocycles. The van der Waals surface area contributed by atoms with E-state index >= 15 is 0 Å². The Morgan fingerprint density at radius 1 is 1.26 bits per heavy atom. The summed E-state index contributed by atoms with van der Waals surface area (Å²) in [5.74, 6) is 1.21. The highest BCUT2D eigenvalue weighted by molar-refractivity contribution is 7.99. The van der Waals surface area contributed by atoms with Gasteiger partial charge in [-0.05, 0) is 29.3 Å². The van der Waals surface area contributed by atoms with E-state index < -0.39 is 0 Å². The molecule has 1 aliphatic rings. The van der Waals surface area contributed by atoms with E-state index in [-0.39, 0.29) is 5.91 Å². The van der Waals surface area contributed by atoms with E-state index in [1.165, 1.54) is 4.88 Å². The first-order valence-electron chi connectivity index (χ1n) is 6.31. The van der Waals surface area contributed by atoms with Gasteiger partial charge in [0.05, 0.1) is 5.56 Å². The van der Waals surface area contributed by atoms with Gasteiger partial charge >= 0.3 is 0 Å². The Morgan fingerprint density at radius 2 is 2.21 bits per heavy atom. The lowest BCUT2D eigenvalue weighted by Gasteiger charge is -2.19. The standard InChI is InChI=1S/C14H15NOS3/c16-14(11-4-8-17-10-11)15-5-3-13(19-9-6-15)12-2-1-7-18-12/h1-2,4,7-8,10,13H,3,5-6,9H2/t13-/m1/s1. The fourth-order valence-electron chi connectivity index (χ4n) is 2.24. The highest BCUT2D eigenvalue weighted by Gasteiger charge is 2.23. The minimum absolute atomic E-state index is 0.189. The number of thioether (sulfide) groups is 1. The summed E-state index contributed by atoms with van der Waals surface area (Å²) >= 11 is 5.39. The van der Waals surface area contributed by atoms with Crippen molar-refractivity contribution in [3.8, 4) is 0 Å². The van der Waals surface area contributed by atoms with Crippen LogP contribution in [0.1, 0.15) is 26.9 Å². The topological polar surface area (TPSA) is 20.3 Å². The summed E-state index contributed by atoms with van der Waals surface area (Å²) in [6.45, 7) is 1.73. The molecule has 0 saturated carbocycles. The first-order valence-corrected chi connectivity index (χ1v) is 9.18. The van der Waals surface area contributed by atoms with Crippen LogP contribution in [0.3, 0.4) is 0 Å². The molecule has 1 atom stereocenters. The molecule has 1 saturated heterocycles. The molecule has 0 spiro atoms. The summed E-state index contributed by atoms with van der Waals surface area (Å²) in [6.07, 6.45) is 1.06. The molecule has 19 heavy (non-hydrogen) atoms. The number of carbonyl (C=O) groups excluding carboxylic acids is 1. The van der Waals surface area contributed by atoms with Crippen molar-refractivity contribution < 1.29 is 4.79 Å². The maximum absolute atomic E-state index is 12.3. The van der Waals surface area contributed by atoms with Gasteiger partial charge in [-0.1, -0.05) is 6.07 Å². The van der Waals surface area contributed by atoms with Crippen molar-refractivity contribution in [2.45, 2.75) is 11.7 Å². The summed E-state index contributed by atoms with van der Waals surface area (Å²) in [4.78, 5) is 15.8. The highest BCUT2D eigenvalue weighted by Crippen LogP contribution is 2.36. The molecular formula is C14H15NOS3. The summed E-state index contributed by atoms with van der Waals surface area (Å²) in [5, 5.41) is 6.60. The van der Waals surface area contributed by atoms with Gasteiger partial charge < -0.3 is 4.90 Å². The van der Waals surface area contributed by atoms with Gasteiger partial charge in [-0.2, -0.15) is 23.1 Å². The Bertz CT molecular complexity index is 521. The molecule has 0 aromatic carbocycles. The first kappa shape index (κ1) is 13.2. The molecule has 0 aliphatic carbocycles. The number of hydrogen-bond donors (Lipinski definition) is 0. The van der Waals surface area contributed by atoms with Crippen molar-refractivity contribution >= 4 is 40.3 Å². The van der Waals surface area contributed by atoms with E-state index in [4.69, 9.17) is 0 Å². The van der Waals surface area contributed by atoms with Crippen LogP contribution >= 0.6 is 34.4 Å². The van der Waals surface area contributed by atoms with Gasteiger partial charge in [-0.3, -0.25) is 4.79 Å². The lowest BCUT2D eigenvalue weighted by molar-refractivity contribution is 0.0767. The Hall–Kier alpha value is -0.780. The third-order valence-corrected chi connectivity index (χ3v) is 6.39. The summed E-state index contributed by atoms with van der Waals surface area (Å²) in [6, 6.07) is 6.24. The predicted octanol–water partition coefficient (Wildman–Crippen LogP) is 4.13. The third kappa shape index (κ3) is 3.04. The maximum Gasteiger partial charge on any atom is 0.254 e. The molecule has 1 aliphatic heterocycles. The molecule has 0 unspecified atom stereocenters. The second-order valence-electron chi connectivity index (χ2n) is 4.47. The maximum atomic E-state index is 12.3. The average molecular weight is 309 g/mol. The van der Waals surface area contributed by atoms with Gasteiger partial charge in [0.15, 0.2) is 0 Å². The van der Waals surface area contributed by atoms with Crippen LogP contribution in [0.4, 0.5) is 0 Å². The van der Waals surface area contributed by atoms with Crippen molar-refractivity contribution in [1.29, 1.82) is 0 Å². The van der Waals surface area contributed by atoms with E-state index in [1.807, 2.05) is 44.8 Å². The molecule has 2 nitrogen and oxygen atoms in total. The van der Waals surface area contributed by atoms with Crippen molar-refractivity contribution in [2.75, 3.05) is 18.8 Å². The number of hydrogen-bond acceptors (Lipinski definition) is 4. The number of nitrogens with zero attached hydrogens (tertiary/aromatic N) is 1. The zero-order valence-corrected chi connectivity index (χ0v) is 12.9. The molecule has 3 rings (SSSR count). The first-order chi connectivity index (χ1) is 9.34. The van der Waals surface area contributed by atoms with Crippen LogP contribution in [0.15, 0.2) is 34.3 Å². The monoisotopic (exact) mass is 309 g/mol. The molecule has 0 bridgehead atoms. The second-order valence-corrected chi connectivity index (χ2v) is 7.54. The number of rotatable bonds is 2. The quantitative estimate of drug-likeness (QED) is 0.831. The van der Waals surface area contributed by atoms with Crippen molar-refractivity contribution in [1.82, 2.24) is 4.90 Å². The van der Waals surface area contributed by atoms with Crippen molar-refractivity contribution in [2.24, 2.45) is 0 Å². The van der Waals surface area contributed by atoms with Gasteiger partial charge in [-0.25, -0.2) is 0 Å². The van der Waals surface area contributed by atoms with E-state index in [0.29, 0.717) is 5.25 Å². The van der Waals surface area contributed by atoms with Crippen LogP contribution in [0.2, 0.25) is 0 Å². The van der Waals surface area contributed by atoms with Crippen molar-refractivity contribution in [3.05, 3.63) is 44.8 Å². The molecule has 1 fully saturated rings. The second kappa shape index (κ2) is 6.11. The van der Waals surface area contributed by atoms with Crippen LogP contribution in [-0.2, 0) is 0 Å². The van der Waals surface area contributed by atoms with Crippen LogP contribution in [0.5, 0.6) is 0 Å². The zero-order valence-electron chi connectivity index (χ0n) is 10.5. The van der Waals surface area contributed by atoms with Crippen LogP contribution < -0.4 is 0 Å². The predicted molar refractivity (Wildman–Crippen MR) is 84.4 cm³/mol. The number of thiophene rings is 2. The highest BCUT2D eigenvalue weighted by atomic mass is 32.2. The smallest absolute Gasteiger partial charge is 0.254 e. The lowest BCUT2D eigenvalue weighted by atomic mass is 10.2. The summed E-state index contributed by atoms with van der Waals surface area (Å²) in [5.41, 5.74) is 0.838. The molecule has 5 heteroatoms. The molecule has 2 aromatic rings. The molecule has 0 N–H and O–H groups in total. The minimum atomic E-state index is 0.189. The van der Waals surface area contributed by atoms with E-state index in [2.05, 4.69) is 17.5 Å². The van der Waals surface area contributed by atoms with Crippen molar-refractivity contribution in [3.63, 3.8) is 0 Å². The van der Waals surface area contributed by atoms with E-state index in [9.17, 15) is 4.79 Å². The normalized spacial score (nSPS) is 20.2. The van der Waals surface area contributed by atoms with E-state index in [1.54, 1.807) is 11.3 Å². The molecule has 3 heterocycles. The Balaban J connectivity index is 1.66. The fraction of sp³-hybridized carbons (Fsp3) is 0.357. The Morgan fingerprint density at radius 3 is 2.95 bits per heavy atom. The minimum Gasteiger partial charge on any atom is -0.338 e. The van der Waals surface area contributed by atoms with Gasteiger partial charge in [0.2, 0.25) is 0 Å². The van der Waals surface area contributed by atoms with E-state index in [0.717, 1.165) is 30.8 Å². The molecule has 100 valence electrons. The molecule has 0 radical (unpaired) electrons. The van der Waals surface area contributed by atoms with Crippen LogP contribution in [0, 0.1) is 0 Å². The average Bonchev–Trinajstić information content (AvgIpc) is 3.08. The SMILES string of the molecule is O=C(c1ccsc1)N1CCS[C@@H](c2cccs2)CC1. The number of carbonyl (C=O) groups is 1. The zero-order chi connectivity index (χ0) is 13.1. The summed E-state index contributed by atoms with van der Waals surface area (Å²) in [7, 11) is 0. The van der Waals surface area contributed by atoms with Gasteiger partial charge in [0.1, 0.15) is 0 Å². The fourth-order valence-corrected chi connectivity index (χ4v) is 5.11. The van der Waals surface area contributed by atoms with Gasteiger partial charge in [-0.15, -0.1) is 11.3 Å². The van der Waals surface area contributed by atoms with Crippen LogP contribution in [0.25, 0.3) is 0 Å². The number of amides is 1.